The number of nitrogens with one attached hydrogen (secondary N) is 1. The number of methoxy groups -OCH3 is 1. The van der Waals surface area contributed by atoms with Crippen LogP contribution in [0.2, 0.25) is 0 Å². The number of benzene rings is 2. The topological polar surface area (TPSA) is 142 Å². The normalized spacial score (nSPS) is 9.96. The number of anilines is 1. The first kappa shape index (κ1) is 17.5. The van der Waals surface area contributed by atoms with E-state index in [9.17, 15) is 29.8 Å². The fraction of sp³-hybridized carbons (Fsp3) is 0.0667. The Hall–Kier alpha value is -3.82. The number of carbonyl (C=O) groups is 2. The molecule has 0 aliphatic carbocycles. The molecule has 0 radical (unpaired) electrons. The number of nitro groups is 2. The van der Waals surface area contributed by atoms with Gasteiger partial charge in [0.1, 0.15) is 5.69 Å². The van der Waals surface area contributed by atoms with E-state index in [1.165, 1.54) is 24.3 Å². The zero-order valence-electron chi connectivity index (χ0n) is 12.8. The Balaban J connectivity index is 2.29. The van der Waals surface area contributed by atoms with Gasteiger partial charge in [-0.25, -0.2) is 4.79 Å². The van der Waals surface area contributed by atoms with Crippen molar-refractivity contribution in [3.63, 3.8) is 0 Å². The first-order chi connectivity index (χ1) is 11.8. The smallest absolute Gasteiger partial charge is 0.338 e. The molecule has 1 N–H and O–H groups in total. The monoisotopic (exact) mass is 345 g/mol. The van der Waals surface area contributed by atoms with E-state index >= 15 is 0 Å². The van der Waals surface area contributed by atoms with Gasteiger partial charge in [0.25, 0.3) is 17.3 Å². The minimum Gasteiger partial charge on any atom is -0.465 e. The molecule has 2 rings (SSSR count). The van der Waals surface area contributed by atoms with E-state index in [0.29, 0.717) is 0 Å². The van der Waals surface area contributed by atoms with Crippen LogP contribution in [0.3, 0.4) is 0 Å². The number of nitro benzene ring substituents is 2. The Kier molecular flexibility index (Phi) is 5.03. The lowest BCUT2D eigenvalue weighted by molar-refractivity contribution is -0.384. The van der Waals surface area contributed by atoms with Crippen molar-refractivity contribution in [3.8, 4) is 0 Å². The summed E-state index contributed by atoms with van der Waals surface area (Å²) in [6.07, 6.45) is 0. The number of amides is 1. The fourth-order valence-corrected chi connectivity index (χ4v) is 1.96. The van der Waals surface area contributed by atoms with Crippen LogP contribution in [0.4, 0.5) is 17.1 Å². The minimum absolute atomic E-state index is 0.0393. The summed E-state index contributed by atoms with van der Waals surface area (Å²) in [7, 11) is 1.14. The third kappa shape index (κ3) is 3.93. The third-order valence-corrected chi connectivity index (χ3v) is 3.20. The van der Waals surface area contributed by atoms with Gasteiger partial charge in [-0.05, 0) is 24.3 Å². The van der Waals surface area contributed by atoms with Crippen molar-refractivity contribution < 1.29 is 24.2 Å². The molecule has 0 aromatic heterocycles. The van der Waals surface area contributed by atoms with Crippen molar-refractivity contribution >= 4 is 28.9 Å². The maximum atomic E-state index is 12.1. The number of nitrogens with zero attached hydrogens (tertiary/aromatic N) is 2. The van der Waals surface area contributed by atoms with Crippen LogP contribution in [0.1, 0.15) is 20.7 Å². The minimum atomic E-state index is -0.753. The van der Waals surface area contributed by atoms with Gasteiger partial charge in [-0.1, -0.05) is 0 Å². The molecule has 0 heterocycles. The first-order valence-electron chi connectivity index (χ1n) is 6.76. The second-order valence-corrected chi connectivity index (χ2v) is 4.74. The second-order valence-electron chi connectivity index (χ2n) is 4.74. The average Bonchev–Trinajstić information content (AvgIpc) is 2.61. The van der Waals surface area contributed by atoms with E-state index in [1.54, 1.807) is 0 Å². The molecule has 1 amide bonds. The number of hydrogen-bond acceptors (Lipinski definition) is 7. The summed E-state index contributed by atoms with van der Waals surface area (Å²) in [5.74, 6) is -1.44. The molecule has 0 aliphatic rings. The maximum absolute atomic E-state index is 12.1. The number of non-ortho nitro benzene ring substituents is 1. The van der Waals surface area contributed by atoms with Crippen molar-refractivity contribution in [2.75, 3.05) is 12.4 Å². The van der Waals surface area contributed by atoms with Crippen LogP contribution in [0, 0.1) is 20.2 Å². The highest BCUT2D eigenvalue weighted by atomic mass is 16.6. The molecular weight excluding hydrogens is 334 g/mol. The zero-order valence-corrected chi connectivity index (χ0v) is 12.8. The predicted molar refractivity (Wildman–Crippen MR) is 85.5 cm³/mol. The van der Waals surface area contributed by atoms with E-state index in [2.05, 4.69) is 10.1 Å². The Morgan fingerprint density at radius 2 is 1.56 bits per heavy atom. The molecule has 0 unspecified atom stereocenters. The average molecular weight is 345 g/mol. The lowest BCUT2D eigenvalue weighted by Crippen LogP contribution is -2.13. The number of ether oxygens (including phenoxy) is 1. The summed E-state index contributed by atoms with van der Waals surface area (Å²) in [6, 6.07) is 8.19. The zero-order chi connectivity index (χ0) is 18.6. The van der Waals surface area contributed by atoms with E-state index in [0.717, 1.165) is 25.3 Å². The van der Waals surface area contributed by atoms with Gasteiger partial charge in [0, 0.05) is 23.8 Å². The molecule has 0 atom stereocenters. The van der Waals surface area contributed by atoms with Crippen LogP contribution in [0.25, 0.3) is 0 Å². The summed E-state index contributed by atoms with van der Waals surface area (Å²) in [6.45, 7) is 0. The predicted octanol–water partition coefficient (Wildman–Crippen LogP) is 2.54. The summed E-state index contributed by atoms with van der Waals surface area (Å²) in [5, 5.41) is 24.1. The Bertz CT molecular complexity index is 862. The molecule has 10 nitrogen and oxygen atoms in total. The highest BCUT2D eigenvalue weighted by Crippen LogP contribution is 2.26. The van der Waals surface area contributed by atoms with Crippen LogP contribution in [-0.4, -0.2) is 28.8 Å². The van der Waals surface area contributed by atoms with Crippen molar-refractivity contribution in [3.05, 3.63) is 73.8 Å². The van der Waals surface area contributed by atoms with Crippen molar-refractivity contribution in [1.29, 1.82) is 0 Å². The molecule has 0 saturated carbocycles. The van der Waals surface area contributed by atoms with Gasteiger partial charge < -0.3 is 10.1 Å². The van der Waals surface area contributed by atoms with Crippen molar-refractivity contribution in [2.45, 2.75) is 0 Å². The number of rotatable bonds is 5. The Morgan fingerprint density at radius 3 is 2.08 bits per heavy atom. The van der Waals surface area contributed by atoms with Gasteiger partial charge >= 0.3 is 5.97 Å². The van der Waals surface area contributed by atoms with Gasteiger partial charge in [-0.3, -0.25) is 25.0 Å². The fourth-order valence-electron chi connectivity index (χ4n) is 1.96. The molecule has 0 bridgehead atoms. The molecule has 0 aliphatic heterocycles. The molecule has 0 saturated heterocycles. The summed E-state index contributed by atoms with van der Waals surface area (Å²) >= 11 is 0. The maximum Gasteiger partial charge on any atom is 0.338 e. The summed E-state index contributed by atoms with van der Waals surface area (Å²) in [5.41, 5.74) is -0.761. The van der Waals surface area contributed by atoms with Gasteiger partial charge in [-0.15, -0.1) is 0 Å². The molecule has 0 fully saturated rings. The number of esters is 1. The quantitative estimate of drug-likeness (QED) is 0.498. The largest absolute Gasteiger partial charge is 0.465 e. The number of carbonyl (C=O) groups excluding carboxylic acids is 2. The van der Waals surface area contributed by atoms with Crippen LogP contribution < -0.4 is 5.32 Å². The molecule has 2 aromatic rings. The van der Waals surface area contributed by atoms with Crippen LogP contribution in [0.5, 0.6) is 0 Å². The third-order valence-electron chi connectivity index (χ3n) is 3.20. The van der Waals surface area contributed by atoms with Gasteiger partial charge in [-0.2, -0.15) is 0 Å². The van der Waals surface area contributed by atoms with Gasteiger partial charge in [0.2, 0.25) is 0 Å². The second kappa shape index (κ2) is 7.17. The molecular formula is C15H11N3O7. The Labute approximate surface area is 140 Å². The summed E-state index contributed by atoms with van der Waals surface area (Å²) in [4.78, 5) is 44.0. The van der Waals surface area contributed by atoms with E-state index in [-0.39, 0.29) is 22.5 Å². The standard InChI is InChI=1S/C15H11N3O7/c1-25-15(20)10-4-7-12(13(8-10)18(23)24)16-14(19)9-2-5-11(6-3-9)17(21)22/h2-8H,1H3,(H,16,19). The van der Waals surface area contributed by atoms with Gasteiger partial charge in [0.05, 0.1) is 22.5 Å². The van der Waals surface area contributed by atoms with Crippen molar-refractivity contribution in [2.24, 2.45) is 0 Å². The van der Waals surface area contributed by atoms with E-state index < -0.39 is 27.4 Å². The lowest BCUT2D eigenvalue weighted by Gasteiger charge is -2.07. The molecule has 25 heavy (non-hydrogen) atoms. The van der Waals surface area contributed by atoms with E-state index in [4.69, 9.17) is 0 Å². The molecule has 128 valence electrons. The highest BCUT2D eigenvalue weighted by Gasteiger charge is 2.20. The number of hydrogen-bond donors (Lipinski definition) is 1. The van der Waals surface area contributed by atoms with Crippen molar-refractivity contribution in [1.82, 2.24) is 0 Å². The summed E-state index contributed by atoms with van der Waals surface area (Å²) < 4.78 is 4.49. The molecule has 2 aromatic carbocycles. The highest BCUT2D eigenvalue weighted by molar-refractivity contribution is 6.06. The first-order valence-corrected chi connectivity index (χ1v) is 6.76. The molecule has 0 spiro atoms. The Morgan fingerprint density at radius 1 is 0.960 bits per heavy atom. The van der Waals surface area contributed by atoms with Crippen LogP contribution in [-0.2, 0) is 4.74 Å². The SMILES string of the molecule is COC(=O)c1ccc(NC(=O)c2ccc([N+](=O)[O-])cc2)c([N+](=O)[O-])c1. The molecule has 10 heteroatoms. The van der Waals surface area contributed by atoms with Crippen LogP contribution >= 0.6 is 0 Å². The van der Waals surface area contributed by atoms with E-state index in [1.807, 2.05) is 0 Å². The van der Waals surface area contributed by atoms with Crippen LogP contribution in [0.15, 0.2) is 42.5 Å². The lowest BCUT2D eigenvalue weighted by atomic mass is 10.1. The van der Waals surface area contributed by atoms with Gasteiger partial charge in [0.15, 0.2) is 0 Å².